The molecule has 1 aliphatic carbocycles. The predicted molar refractivity (Wildman–Crippen MR) is 53.3 cm³/mol. The van der Waals surface area contributed by atoms with Gasteiger partial charge in [-0.05, 0) is 53.2 Å². The van der Waals surface area contributed by atoms with Crippen LogP contribution in [0.2, 0.25) is 0 Å². The third kappa shape index (κ3) is 1.67. The first kappa shape index (κ1) is 7.81. The molecule has 0 spiro atoms. The Morgan fingerprint density at radius 2 is 2.00 bits per heavy atom. The Kier molecular flexibility index (Phi) is 2.33. The molecule has 2 rings (SSSR count). The number of hydrogen-bond donors (Lipinski definition) is 0. The number of halogens is 1. The lowest BCUT2D eigenvalue weighted by Crippen LogP contribution is -1.80. The highest BCUT2D eigenvalue weighted by Crippen LogP contribution is 2.31. The maximum atomic E-state index is 3.54. The van der Waals surface area contributed by atoms with E-state index in [9.17, 15) is 0 Å². The topological polar surface area (TPSA) is 0 Å². The molecule has 0 aromatic carbocycles. The zero-order valence-corrected chi connectivity index (χ0v) is 8.80. The van der Waals surface area contributed by atoms with Gasteiger partial charge in [-0.2, -0.15) is 0 Å². The van der Waals surface area contributed by atoms with E-state index in [1.165, 1.54) is 35.9 Å². The molecule has 0 aliphatic heterocycles. The summed E-state index contributed by atoms with van der Waals surface area (Å²) in [5.41, 5.74) is 1.60. The number of rotatable bonds is 0. The van der Waals surface area contributed by atoms with E-state index in [1.807, 2.05) is 11.3 Å². The maximum absolute atomic E-state index is 3.54. The summed E-state index contributed by atoms with van der Waals surface area (Å²) in [7, 11) is 0. The Balaban J connectivity index is 2.32. The van der Waals surface area contributed by atoms with Crippen LogP contribution in [0.3, 0.4) is 0 Å². The van der Waals surface area contributed by atoms with E-state index in [-0.39, 0.29) is 0 Å². The average Bonchev–Trinajstić information content (AvgIpc) is 2.17. The van der Waals surface area contributed by atoms with Crippen LogP contribution in [0.1, 0.15) is 29.7 Å². The smallest absolute Gasteiger partial charge is 0.0704 e. The molecule has 0 amide bonds. The van der Waals surface area contributed by atoms with E-state index in [4.69, 9.17) is 0 Å². The first-order valence-corrected chi connectivity index (χ1v) is 5.74. The minimum absolute atomic E-state index is 1.30. The van der Waals surface area contributed by atoms with Crippen molar-refractivity contribution >= 4 is 27.3 Å². The minimum atomic E-state index is 1.30. The molecule has 1 aromatic heterocycles. The van der Waals surface area contributed by atoms with E-state index in [2.05, 4.69) is 22.0 Å². The molecule has 1 heterocycles. The third-order valence-corrected chi connectivity index (χ3v) is 3.96. The van der Waals surface area contributed by atoms with Gasteiger partial charge in [-0.1, -0.05) is 6.42 Å². The summed E-state index contributed by atoms with van der Waals surface area (Å²) in [5, 5.41) is 0. The molecule has 0 saturated carbocycles. The number of fused-ring (bicyclic) bond motifs is 1. The largest absolute Gasteiger partial charge is 0.133 e. The fraction of sp³-hybridized carbons (Fsp3) is 0.556. The zero-order chi connectivity index (χ0) is 7.68. The predicted octanol–water partition coefficient (Wildman–Crippen LogP) is 3.78. The Morgan fingerprint density at radius 1 is 1.18 bits per heavy atom. The molecule has 60 valence electrons. The first-order chi connectivity index (χ1) is 5.36. The summed E-state index contributed by atoms with van der Waals surface area (Å²) in [6, 6.07) is 2.30. The second-order valence-corrected chi connectivity index (χ2v) is 5.58. The van der Waals surface area contributed by atoms with Crippen molar-refractivity contribution in [1.82, 2.24) is 0 Å². The van der Waals surface area contributed by atoms with Crippen LogP contribution in [0.4, 0.5) is 0 Å². The van der Waals surface area contributed by atoms with Gasteiger partial charge in [0, 0.05) is 4.88 Å². The van der Waals surface area contributed by atoms with Crippen LogP contribution in [0.5, 0.6) is 0 Å². The quantitative estimate of drug-likeness (QED) is 0.596. The SMILES string of the molecule is Brc1cc2c(s1)CCCCC2. The highest BCUT2D eigenvalue weighted by atomic mass is 79.9. The van der Waals surface area contributed by atoms with Gasteiger partial charge in [0.2, 0.25) is 0 Å². The zero-order valence-electron chi connectivity index (χ0n) is 6.40. The molecule has 0 saturated heterocycles. The molecular weight excluding hydrogens is 220 g/mol. The van der Waals surface area contributed by atoms with Crippen LogP contribution in [0, 0.1) is 0 Å². The lowest BCUT2D eigenvalue weighted by Gasteiger charge is -1.92. The highest BCUT2D eigenvalue weighted by molar-refractivity contribution is 9.11. The van der Waals surface area contributed by atoms with Crippen LogP contribution >= 0.6 is 27.3 Å². The van der Waals surface area contributed by atoms with E-state index < -0.39 is 0 Å². The Bertz CT molecular complexity index is 229. The molecule has 0 fully saturated rings. The van der Waals surface area contributed by atoms with Crippen LogP contribution in [-0.4, -0.2) is 0 Å². The monoisotopic (exact) mass is 230 g/mol. The normalized spacial score (nSPS) is 17.5. The van der Waals surface area contributed by atoms with Crippen molar-refractivity contribution < 1.29 is 0 Å². The van der Waals surface area contributed by atoms with Gasteiger partial charge in [-0.3, -0.25) is 0 Å². The molecule has 0 atom stereocenters. The van der Waals surface area contributed by atoms with Crippen molar-refractivity contribution in [3.05, 3.63) is 20.3 Å². The van der Waals surface area contributed by atoms with Crippen molar-refractivity contribution in [3.8, 4) is 0 Å². The van der Waals surface area contributed by atoms with Gasteiger partial charge in [0.15, 0.2) is 0 Å². The standard InChI is InChI=1S/C9H11BrS/c10-9-6-7-4-2-1-3-5-8(7)11-9/h6H,1-5H2. The average molecular weight is 231 g/mol. The second kappa shape index (κ2) is 3.28. The molecule has 0 radical (unpaired) electrons. The van der Waals surface area contributed by atoms with E-state index in [0.717, 1.165) is 0 Å². The molecule has 1 aliphatic rings. The summed E-state index contributed by atoms with van der Waals surface area (Å²) in [4.78, 5) is 1.62. The molecule has 2 heteroatoms. The van der Waals surface area contributed by atoms with Gasteiger partial charge in [-0.25, -0.2) is 0 Å². The van der Waals surface area contributed by atoms with Crippen LogP contribution in [0.25, 0.3) is 0 Å². The Hall–Kier alpha value is 0.180. The highest BCUT2D eigenvalue weighted by Gasteiger charge is 2.10. The van der Waals surface area contributed by atoms with Crippen LogP contribution in [-0.2, 0) is 12.8 Å². The Labute approximate surface area is 79.8 Å². The summed E-state index contributed by atoms with van der Waals surface area (Å²) in [5.74, 6) is 0. The van der Waals surface area contributed by atoms with Crippen molar-refractivity contribution in [2.24, 2.45) is 0 Å². The van der Waals surface area contributed by atoms with Crippen molar-refractivity contribution in [3.63, 3.8) is 0 Å². The molecule has 0 bridgehead atoms. The van der Waals surface area contributed by atoms with Gasteiger partial charge >= 0.3 is 0 Å². The van der Waals surface area contributed by atoms with Gasteiger partial charge in [0.1, 0.15) is 0 Å². The summed E-state index contributed by atoms with van der Waals surface area (Å²) in [6.07, 6.45) is 6.80. The lowest BCUT2D eigenvalue weighted by atomic mass is 10.2. The summed E-state index contributed by atoms with van der Waals surface area (Å²) >= 11 is 5.46. The summed E-state index contributed by atoms with van der Waals surface area (Å²) < 4.78 is 1.31. The number of aryl methyl sites for hydroxylation is 2. The van der Waals surface area contributed by atoms with Crippen molar-refractivity contribution in [2.75, 3.05) is 0 Å². The van der Waals surface area contributed by atoms with Gasteiger partial charge in [0.25, 0.3) is 0 Å². The minimum Gasteiger partial charge on any atom is -0.133 e. The first-order valence-electron chi connectivity index (χ1n) is 4.13. The van der Waals surface area contributed by atoms with Gasteiger partial charge in [0.05, 0.1) is 3.79 Å². The van der Waals surface area contributed by atoms with E-state index in [1.54, 1.807) is 10.4 Å². The van der Waals surface area contributed by atoms with Crippen LogP contribution in [0.15, 0.2) is 9.85 Å². The molecule has 1 aromatic rings. The van der Waals surface area contributed by atoms with E-state index >= 15 is 0 Å². The van der Waals surface area contributed by atoms with Gasteiger partial charge in [-0.15, -0.1) is 11.3 Å². The number of hydrogen-bond acceptors (Lipinski definition) is 1. The fourth-order valence-electron chi connectivity index (χ4n) is 1.63. The molecule has 0 nitrogen and oxygen atoms in total. The molecule has 0 unspecified atom stereocenters. The molecular formula is C9H11BrS. The van der Waals surface area contributed by atoms with E-state index in [0.29, 0.717) is 0 Å². The lowest BCUT2D eigenvalue weighted by molar-refractivity contribution is 0.712. The third-order valence-electron chi connectivity index (χ3n) is 2.22. The van der Waals surface area contributed by atoms with Gasteiger partial charge < -0.3 is 0 Å². The summed E-state index contributed by atoms with van der Waals surface area (Å²) in [6.45, 7) is 0. The number of thiophene rings is 1. The molecule has 0 N–H and O–H groups in total. The fourth-order valence-corrected chi connectivity index (χ4v) is 3.47. The second-order valence-electron chi connectivity index (χ2n) is 3.06. The Morgan fingerprint density at radius 3 is 2.91 bits per heavy atom. The van der Waals surface area contributed by atoms with Crippen LogP contribution < -0.4 is 0 Å². The van der Waals surface area contributed by atoms with Crippen molar-refractivity contribution in [1.29, 1.82) is 0 Å². The van der Waals surface area contributed by atoms with Crippen molar-refractivity contribution in [2.45, 2.75) is 32.1 Å². The maximum Gasteiger partial charge on any atom is 0.0704 e. The molecule has 11 heavy (non-hydrogen) atoms.